The van der Waals surface area contributed by atoms with E-state index in [1.165, 1.54) is 101 Å². The Morgan fingerprint density at radius 1 is 0.469 bits per heavy atom. The quantitative estimate of drug-likeness (QED) is 0.417. The SMILES string of the molecule is c1ccc(N2CP(C3CCCCC3)CN(c3ccccc3)CP(C3CCCCC3)C2)cc1. The fourth-order valence-corrected chi connectivity index (χ4v) is 12.4. The predicted molar refractivity (Wildman–Crippen MR) is 145 cm³/mol. The molecule has 0 N–H and O–H groups in total. The predicted octanol–water partition coefficient (Wildman–Crippen LogP) is 8.47. The molecule has 4 heteroatoms. The van der Waals surface area contributed by atoms with Crippen LogP contribution in [0.5, 0.6) is 0 Å². The van der Waals surface area contributed by atoms with Crippen molar-refractivity contribution in [1.29, 1.82) is 0 Å². The van der Waals surface area contributed by atoms with Crippen LogP contribution in [0.25, 0.3) is 0 Å². The van der Waals surface area contributed by atoms with E-state index in [-0.39, 0.29) is 15.8 Å². The van der Waals surface area contributed by atoms with Gasteiger partial charge in [0.2, 0.25) is 0 Å². The zero-order chi connectivity index (χ0) is 21.6. The van der Waals surface area contributed by atoms with E-state index in [1.807, 2.05) is 0 Å². The molecule has 0 radical (unpaired) electrons. The van der Waals surface area contributed by atoms with Gasteiger partial charge in [0, 0.05) is 36.5 Å². The summed E-state index contributed by atoms with van der Waals surface area (Å²) in [5.74, 6) is 0. The number of benzene rings is 2. The molecule has 2 nitrogen and oxygen atoms in total. The zero-order valence-corrected chi connectivity index (χ0v) is 21.4. The average molecular weight is 467 g/mol. The monoisotopic (exact) mass is 466 g/mol. The number of hydrogen-bond donors (Lipinski definition) is 0. The molecule has 0 bridgehead atoms. The van der Waals surface area contributed by atoms with E-state index in [4.69, 9.17) is 0 Å². The van der Waals surface area contributed by atoms with Gasteiger partial charge in [-0.05, 0) is 61.3 Å². The highest BCUT2D eigenvalue weighted by Crippen LogP contribution is 2.56. The summed E-state index contributed by atoms with van der Waals surface area (Å²) in [5, 5.41) is 0. The third kappa shape index (κ3) is 5.69. The molecule has 32 heavy (non-hydrogen) atoms. The van der Waals surface area contributed by atoms with Crippen molar-refractivity contribution in [3.05, 3.63) is 60.7 Å². The molecule has 2 aliphatic carbocycles. The van der Waals surface area contributed by atoms with E-state index in [0.717, 1.165) is 11.3 Å². The lowest BCUT2D eigenvalue weighted by atomic mass is 10.0. The van der Waals surface area contributed by atoms with Crippen LogP contribution in [0.15, 0.2) is 60.7 Å². The Kier molecular flexibility index (Phi) is 8.05. The van der Waals surface area contributed by atoms with Crippen LogP contribution in [-0.4, -0.2) is 36.5 Å². The van der Waals surface area contributed by atoms with Gasteiger partial charge < -0.3 is 9.80 Å². The van der Waals surface area contributed by atoms with Crippen molar-refractivity contribution in [2.45, 2.75) is 75.5 Å². The first-order valence-electron chi connectivity index (χ1n) is 12.9. The van der Waals surface area contributed by atoms with Crippen molar-refractivity contribution in [1.82, 2.24) is 0 Å². The lowest BCUT2D eigenvalue weighted by Gasteiger charge is -2.46. The summed E-state index contributed by atoms with van der Waals surface area (Å²) in [5.41, 5.74) is 4.87. The Morgan fingerprint density at radius 3 is 1.16 bits per heavy atom. The molecule has 172 valence electrons. The van der Waals surface area contributed by atoms with Crippen molar-refractivity contribution >= 4 is 27.2 Å². The Hall–Kier alpha value is -1.10. The minimum absolute atomic E-state index is 0.0337. The number of hydrogen-bond acceptors (Lipinski definition) is 2. The Labute approximate surface area is 198 Å². The van der Waals surface area contributed by atoms with E-state index >= 15 is 0 Å². The molecule has 0 amide bonds. The van der Waals surface area contributed by atoms with Crippen LogP contribution in [0.3, 0.4) is 0 Å². The molecule has 5 rings (SSSR count). The van der Waals surface area contributed by atoms with Crippen LogP contribution < -0.4 is 9.80 Å². The number of anilines is 2. The lowest BCUT2D eigenvalue weighted by Crippen LogP contribution is -2.38. The average Bonchev–Trinajstić information content (AvgIpc) is 2.86. The molecule has 2 saturated carbocycles. The number of para-hydroxylation sites is 2. The first kappa shape index (κ1) is 22.7. The molecule has 3 aliphatic rings. The molecule has 2 aromatic carbocycles. The summed E-state index contributed by atoms with van der Waals surface area (Å²) < 4.78 is 0. The largest absolute Gasteiger partial charge is 0.363 e. The molecule has 1 aliphatic heterocycles. The van der Waals surface area contributed by atoms with Crippen molar-refractivity contribution in [3.8, 4) is 0 Å². The fourth-order valence-electron chi connectivity index (χ4n) is 6.01. The summed E-state index contributed by atoms with van der Waals surface area (Å²) in [6.45, 7) is 0. The smallest absolute Gasteiger partial charge is 0.0399 e. The van der Waals surface area contributed by atoms with Gasteiger partial charge in [0.15, 0.2) is 0 Å². The minimum Gasteiger partial charge on any atom is -0.363 e. The van der Waals surface area contributed by atoms with Crippen LogP contribution in [0.4, 0.5) is 11.4 Å². The second-order valence-electron chi connectivity index (χ2n) is 10.1. The molecular formula is C28H40N2P2. The van der Waals surface area contributed by atoms with Crippen LogP contribution in [0.2, 0.25) is 0 Å². The standard InChI is InChI=1S/C28H40N2P2/c1-5-13-25(14-6-1)29-21-31(27-17-9-3-10-18-27)23-30(26-15-7-2-8-16-26)24-32(22-29)28-19-11-4-12-20-28/h1-2,5-8,13-16,27-28H,3-4,9-12,17-24H2. The van der Waals surface area contributed by atoms with Gasteiger partial charge in [-0.1, -0.05) is 90.8 Å². The maximum absolute atomic E-state index is 2.85. The van der Waals surface area contributed by atoms with Gasteiger partial charge in [0.1, 0.15) is 0 Å². The van der Waals surface area contributed by atoms with Gasteiger partial charge in [-0.2, -0.15) is 0 Å². The Bertz CT molecular complexity index is 721. The van der Waals surface area contributed by atoms with Crippen molar-refractivity contribution < 1.29 is 0 Å². The summed E-state index contributed by atoms with van der Waals surface area (Å²) >= 11 is 0. The summed E-state index contributed by atoms with van der Waals surface area (Å²) in [6, 6.07) is 22.8. The zero-order valence-electron chi connectivity index (χ0n) is 19.6. The van der Waals surface area contributed by atoms with Gasteiger partial charge in [-0.3, -0.25) is 0 Å². The highest BCUT2D eigenvalue weighted by molar-refractivity contribution is 7.60. The molecule has 2 aromatic rings. The molecule has 0 atom stereocenters. The van der Waals surface area contributed by atoms with Crippen LogP contribution >= 0.6 is 15.8 Å². The molecule has 1 saturated heterocycles. The van der Waals surface area contributed by atoms with Gasteiger partial charge in [-0.25, -0.2) is 0 Å². The maximum atomic E-state index is 2.85. The third-order valence-electron chi connectivity index (χ3n) is 7.83. The number of nitrogens with zero attached hydrogens (tertiary/aromatic N) is 2. The lowest BCUT2D eigenvalue weighted by molar-refractivity contribution is 0.507. The minimum atomic E-state index is -0.0337. The second-order valence-corrected chi connectivity index (χ2v) is 15.0. The fraction of sp³-hybridized carbons (Fsp3) is 0.571. The number of rotatable bonds is 4. The molecule has 3 fully saturated rings. The van der Waals surface area contributed by atoms with Crippen LogP contribution in [0, 0.1) is 0 Å². The van der Waals surface area contributed by atoms with E-state index in [1.54, 1.807) is 0 Å². The summed E-state index contributed by atoms with van der Waals surface area (Å²) in [7, 11) is -0.0674. The first-order valence-corrected chi connectivity index (χ1v) is 16.5. The van der Waals surface area contributed by atoms with Gasteiger partial charge in [0.05, 0.1) is 0 Å². The highest BCUT2D eigenvalue weighted by Gasteiger charge is 2.34. The van der Waals surface area contributed by atoms with E-state index in [0.29, 0.717) is 0 Å². The summed E-state index contributed by atoms with van der Waals surface area (Å²) in [4.78, 5) is 5.70. The molecule has 1 heterocycles. The van der Waals surface area contributed by atoms with Crippen molar-refractivity contribution in [2.75, 3.05) is 34.9 Å². The van der Waals surface area contributed by atoms with Crippen LogP contribution in [0.1, 0.15) is 64.2 Å². The molecule has 0 spiro atoms. The van der Waals surface area contributed by atoms with E-state index in [9.17, 15) is 0 Å². The third-order valence-corrected chi connectivity index (χ3v) is 13.8. The first-order chi connectivity index (χ1) is 15.9. The Morgan fingerprint density at radius 2 is 0.812 bits per heavy atom. The highest BCUT2D eigenvalue weighted by atomic mass is 31.1. The summed E-state index contributed by atoms with van der Waals surface area (Å²) in [6.07, 6.45) is 19.8. The van der Waals surface area contributed by atoms with Gasteiger partial charge in [0.25, 0.3) is 0 Å². The van der Waals surface area contributed by atoms with Crippen LogP contribution in [-0.2, 0) is 0 Å². The second kappa shape index (κ2) is 11.4. The topological polar surface area (TPSA) is 6.48 Å². The van der Waals surface area contributed by atoms with Gasteiger partial charge >= 0.3 is 0 Å². The van der Waals surface area contributed by atoms with E-state index < -0.39 is 0 Å². The van der Waals surface area contributed by atoms with Gasteiger partial charge in [-0.15, -0.1) is 0 Å². The Balaban J connectivity index is 1.45. The van der Waals surface area contributed by atoms with Crippen molar-refractivity contribution in [3.63, 3.8) is 0 Å². The van der Waals surface area contributed by atoms with Crippen molar-refractivity contribution in [2.24, 2.45) is 0 Å². The normalized spacial score (nSPS) is 26.5. The molecular weight excluding hydrogens is 426 g/mol. The molecule has 0 unspecified atom stereocenters. The van der Waals surface area contributed by atoms with E-state index in [2.05, 4.69) is 70.5 Å². The molecule has 0 aromatic heterocycles. The maximum Gasteiger partial charge on any atom is 0.0399 e.